The van der Waals surface area contributed by atoms with Crippen molar-refractivity contribution in [2.45, 2.75) is 25.1 Å². The van der Waals surface area contributed by atoms with E-state index in [1.54, 1.807) is 12.0 Å². The van der Waals surface area contributed by atoms with E-state index in [9.17, 15) is 0 Å². The molecule has 21 heavy (non-hydrogen) atoms. The molecule has 0 fully saturated rings. The molecular formula is C17H21NOS2. The Morgan fingerprint density at radius 3 is 2.81 bits per heavy atom. The number of benzene rings is 1. The lowest BCUT2D eigenvalue weighted by atomic mass is 9.99. The van der Waals surface area contributed by atoms with E-state index in [1.807, 2.05) is 30.1 Å². The monoisotopic (exact) mass is 319 g/mol. The molecule has 0 saturated carbocycles. The highest BCUT2D eigenvalue weighted by molar-refractivity contribution is 7.98. The van der Waals surface area contributed by atoms with Gasteiger partial charge < -0.3 is 10.1 Å². The van der Waals surface area contributed by atoms with Gasteiger partial charge >= 0.3 is 0 Å². The van der Waals surface area contributed by atoms with Crippen molar-refractivity contribution < 1.29 is 4.74 Å². The number of hydrogen-bond acceptors (Lipinski definition) is 4. The minimum atomic E-state index is 0.275. The Bertz CT molecular complexity index is 612. The zero-order chi connectivity index (χ0) is 14.8. The van der Waals surface area contributed by atoms with Crippen LogP contribution in [0.25, 0.3) is 0 Å². The molecule has 2 aromatic rings. The van der Waals surface area contributed by atoms with E-state index < -0.39 is 0 Å². The van der Waals surface area contributed by atoms with E-state index >= 15 is 0 Å². The second-order valence-electron chi connectivity index (χ2n) is 5.34. The van der Waals surface area contributed by atoms with Crippen LogP contribution in [0.4, 0.5) is 0 Å². The number of thioether (sulfide) groups is 1. The Hall–Kier alpha value is -0.970. The van der Waals surface area contributed by atoms with Crippen LogP contribution in [-0.4, -0.2) is 19.9 Å². The lowest BCUT2D eigenvalue weighted by Crippen LogP contribution is -2.17. The van der Waals surface area contributed by atoms with Gasteiger partial charge in [-0.05, 0) is 61.0 Å². The average Bonchev–Trinajstić information content (AvgIpc) is 2.93. The Morgan fingerprint density at radius 2 is 2.14 bits per heavy atom. The largest absolute Gasteiger partial charge is 0.497 e. The van der Waals surface area contributed by atoms with Gasteiger partial charge in [0.15, 0.2) is 0 Å². The molecule has 1 aliphatic heterocycles. The van der Waals surface area contributed by atoms with Crippen molar-refractivity contribution >= 4 is 23.1 Å². The Kier molecular flexibility index (Phi) is 4.57. The number of rotatable bonds is 4. The minimum absolute atomic E-state index is 0.275. The van der Waals surface area contributed by atoms with Gasteiger partial charge in [0.25, 0.3) is 0 Å². The number of nitrogens with one attached hydrogen (secondary N) is 1. The lowest BCUT2D eigenvalue weighted by molar-refractivity contribution is 0.414. The molecule has 0 bridgehead atoms. The fourth-order valence-corrected chi connectivity index (χ4v) is 5.37. The van der Waals surface area contributed by atoms with E-state index in [0.29, 0.717) is 0 Å². The number of aryl methyl sites for hydroxylation is 2. The Balaban J connectivity index is 1.96. The molecule has 3 rings (SSSR count). The van der Waals surface area contributed by atoms with Gasteiger partial charge in [0.2, 0.25) is 0 Å². The maximum atomic E-state index is 5.31. The highest BCUT2D eigenvalue weighted by Gasteiger charge is 2.21. The van der Waals surface area contributed by atoms with Crippen molar-refractivity contribution in [1.29, 1.82) is 0 Å². The van der Waals surface area contributed by atoms with Crippen LogP contribution in [0, 0.1) is 6.92 Å². The van der Waals surface area contributed by atoms with Crippen molar-refractivity contribution in [1.82, 2.24) is 5.32 Å². The standard InChI is InChI=1S/C17H21NOS2/c1-11-8-13(19-3)4-5-14(11)17(18-2)16-9-12-10-20-7-6-15(12)21-16/h4-5,8-9,17-18H,6-7,10H2,1-3H3. The van der Waals surface area contributed by atoms with Crippen LogP contribution >= 0.6 is 23.1 Å². The summed E-state index contributed by atoms with van der Waals surface area (Å²) < 4.78 is 5.31. The van der Waals surface area contributed by atoms with Crippen molar-refractivity contribution in [2.24, 2.45) is 0 Å². The molecule has 2 nitrogen and oxygen atoms in total. The summed E-state index contributed by atoms with van der Waals surface area (Å²) in [6.45, 7) is 2.16. The SMILES string of the molecule is CNC(c1cc2c(s1)CCSC2)c1ccc(OC)cc1C. The first-order valence-electron chi connectivity index (χ1n) is 7.24. The highest BCUT2D eigenvalue weighted by atomic mass is 32.2. The molecule has 0 aliphatic carbocycles. The summed E-state index contributed by atoms with van der Waals surface area (Å²) in [6.07, 6.45) is 1.22. The first-order valence-corrected chi connectivity index (χ1v) is 9.21. The van der Waals surface area contributed by atoms with Crippen LogP contribution in [0.1, 0.15) is 32.5 Å². The minimum Gasteiger partial charge on any atom is -0.497 e. The molecular weight excluding hydrogens is 298 g/mol. The van der Waals surface area contributed by atoms with Crippen molar-refractivity contribution in [3.63, 3.8) is 0 Å². The van der Waals surface area contributed by atoms with Gasteiger partial charge in [0, 0.05) is 15.5 Å². The third-order valence-corrected chi connectivity index (χ3v) is 6.32. The van der Waals surface area contributed by atoms with Crippen molar-refractivity contribution in [3.8, 4) is 5.75 Å². The van der Waals surface area contributed by atoms with Gasteiger partial charge in [-0.3, -0.25) is 0 Å². The van der Waals surface area contributed by atoms with E-state index in [1.165, 1.54) is 39.5 Å². The van der Waals surface area contributed by atoms with Crippen LogP contribution in [0.2, 0.25) is 0 Å². The molecule has 0 spiro atoms. The van der Waals surface area contributed by atoms with Crippen LogP contribution in [0.5, 0.6) is 5.75 Å². The topological polar surface area (TPSA) is 21.3 Å². The molecule has 1 unspecified atom stereocenters. The van der Waals surface area contributed by atoms with E-state index in [4.69, 9.17) is 4.74 Å². The molecule has 0 radical (unpaired) electrons. The number of hydrogen-bond donors (Lipinski definition) is 1. The summed E-state index contributed by atoms with van der Waals surface area (Å²) in [5.41, 5.74) is 4.15. The second-order valence-corrected chi connectivity index (χ2v) is 7.62. The second kappa shape index (κ2) is 6.42. The van der Waals surface area contributed by atoms with Crippen LogP contribution in [0.3, 0.4) is 0 Å². The van der Waals surface area contributed by atoms with E-state index in [2.05, 4.69) is 36.5 Å². The van der Waals surface area contributed by atoms with Crippen LogP contribution in [-0.2, 0) is 12.2 Å². The Morgan fingerprint density at radius 1 is 1.29 bits per heavy atom. The third kappa shape index (κ3) is 2.98. The number of thiophene rings is 1. The maximum absolute atomic E-state index is 5.31. The summed E-state index contributed by atoms with van der Waals surface area (Å²) in [6, 6.07) is 9.02. The summed E-state index contributed by atoms with van der Waals surface area (Å²) in [7, 11) is 3.76. The normalized spacial score (nSPS) is 15.6. The lowest BCUT2D eigenvalue weighted by Gasteiger charge is -2.18. The van der Waals surface area contributed by atoms with Gasteiger partial charge in [-0.2, -0.15) is 11.8 Å². The summed E-state index contributed by atoms with van der Waals surface area (Å²) in [4.78, 5) is 3.01. The molecule has 112 valence electrons. The fraction of sp³-hybridized carbons (Fsp3) is 0.412. The summed E-state index contributed by atoms with van der Waals surface area (Å²) in [5, 5.41) is 3.48. The predicted octanol–water partition coefficient (Wildman–Crippen LogP) is 4.16. The van der Waals surface area contributed by atoms with Gasteiger partial charge in [0.1, 0.15) is 5.75 Å². The van der Waals surface area contributed by atoms with Crippen molar-refractivity contribution in [2.75, 3.05) is 19.9 Å². The quantitative estimate of drug-likeness (QED) is 0.914. The number of ether oxygens (including phenoxy) is 1. The molecule has 0 saturated heterocycles. The first kappa shape index (κ1) is 14.9. The van der Waals surface area contributed by atoms with E-state index in [-0.39, 0.29) is 6.04 Å². The molecule has 1 aromatic heterocycles. The fourth-order valence-electron chi connectivity index (χ4n) is 2.86. The first-order chi connectivity index (χ1) is 10.2. The van der Waals surface area contributed by atoms with Crippen LogP contribution < -0.4 is 10.1 Å². The molecule has 2 heterocycles. The highest BCUT2D eigenvalue weighted by Crippen LogP contribution is 2.37. The van der Waals surface area contributed by atoms with Crippen LogP contribution in [0.15, 0.2) is 24.3 Å². The van der Waals surface area contributed by atoms with Gasteiger partial charge in [-0.15, -0.1) is 11.3 Å². The Labute approximate surface area is 134 Å². The van der Waals surface area contributed by atoms with Crippen molar-refractivity contribution in [3.05, 3.63) is 50.7 Å². The average molecular weight is 319 g/mol. The number of fused-ring (bicyclic) bond motifs is 1. The summed E-state index contributed by atoms with van der Waals surface area (Å²) in [5.74, 6) is 3.36. The number of methoxy groups -OCH3 is 1. The zero-order valence-corrected chi connectivity index (χ0v) is 14.4. The molecule has 4 heteroatoms. The van der Waals surface area contributed by atoms with Gasteiger partial charge in [-0.1, -0.05) is 6.07 Å². The molecule has 0 amide bonds. The van der Waals surface area contributed by atoms with Gasteiger partial charge in [0.05, 0.1) is 13.2 Å². The predicted molar refractivity (Wildman–Crippen MR) is 92.8 cm³/mol. The maximum Gasteiger partial charge on any atom is 0.119 e. The van der Waals surface area contributed by atoms with E-state index in [0.717, 1.165) is 5.75 Å². The zero-order valence-electron chi connectivity index (χ0n) is 12.7. The molecule has 1 atom stereocenters. The van der Waals surface area contributed by atoms with Gasteiger partial charge in [-0.25, -0.2) is 0 Å². The summed E-state index contributed by atoms with van der Waals surface area (Å²) >= 11 is 4.02. The third-order valence-electron chi connectivity index (χ3n) is 4.01. The molecule has 1 N–H and O–H groups in total. The smallest absolute Gasteiger partial charge is 0.119 e. The molecule has 1 aromatic carbocycles. The molecule has 1 aliphatic rings.